The summed E-state index contributed by atoms with van der Waals surface area (Å²) in [6.45, 7) is 2.14. The highest BCUT2D eigenvalue weighted by atomic mass is 35.5. The molecular weight excluding hydrogens is 313 g/mol. The number of para-hydroxylation sites is 1. The van der Waals surface area contributed by atoms with Gasteiger partial charge in [0.2, 0.25) is 0 Å². The fourth-order valence-electron chi connectivity index (χ4n) is 2.44. The van der Waals surface area contributed by atoms with Gasteiger partial charge in [0.05, 0.1) is 22.5 Å². The van der Waals surface area contributed by atoms with Crippen molar-refractivity contribution in [2.75, 3.05) is 0 Å². The molecule has 1 atom stereocenters. The second-order valence-corrected chi connectivity index (χ2v) is 6.03. The van der Waals surface area contributed by atoms with Crippen LogP contribution < -0.4 is 0 Å². The summed E-state index contributed by atoms with van der Waals surface area (Å²) >= 11 is 14.0. The molecule has 2 heterocycles. The van der Waals surface area contributed by atoms with Gasteiger partial charge in [-0.15, -0.1) is 22.9 Å². The maximum absolute atomic E-state index is 6.24. The highest BCUT2D eigenvalue weighted by Crippen LogP contribution is 2.32. The van der Waals surface area contributed by atoms with E-state index in [0.29, 0.717) is 10.9 Å². The summed E-state index contributed by atoms with van der Waals surface area (Å²) in [5, 5.41) is 3.71. The van der Waals surface area contributed by atoms with E-state index in [1.54, 1.807) is 11.3 Å². The Labute approximate surface area is 131 Å². The lowest BCUT2D eigenvalue weighted by Gasteiger charge is -2.17. The monoisotopic (exact) mass is 325 g/mol. The zero-order chi connectivity index (χ0) is 14.1. The van der Waals surface area contributed by atoms with E-state index >= 15 is 0 Å². The fourth-order valence-corrected chi connectivity index (χ4v) is 3.65. The molecule has 3 rings (SSSR count). The van der Waals surface area contributed by atoms with E-state index in [2.05, 4.69) is 21.5 Å². The third-order valence-corrected chi connectivity index (χ3v) is 4.72. The maximum atomic E-state index is 6.24. The molecule has 6 heteroatoms. The molecule has 20 heavy (non-hydrogen) atoms. The van der Waals surface area contributed by atoms with Crippen molar-refractivity contribution in [2.45, 2.75) is 25.3 Å². The Morgan fingerprint density at radius 1 is 1.40 bits per heavy atom. The summed E-state index contributed by atoms with van der Waals surface area (Å²) in [7, 11) is 0. The maximum Gasteiger partial charge on any atom is 0.125 e. The van der Waals surface area contributed by atoms with Crippen LogP contribution in [0.3, 0.4) is 0 Å². The van der Waals surface area contributed by atoms with Gasteiger partial charge < -0.3 is 4.57 Å². The van der Waals surface area contributed by atoms with Crippen molar-refractivity contribution in [3.05, 3.63) is 45.6 Å². The predicted molar refractivity (Wildman–Crippen MR) is 84.8 cm³/mol. The van der Waals surface area contributed by atoms with E-state index in [-0.39, 0.29) is 6.04 Å². The number of benzene rings is 1. The van der Waals surface area contributed by atoms with E-state index in [4.69, 9.17) is 23.2 Å². The largest absolute Gasteiger partial charge is 0.317 e. The average molecular weight is 326 g/mol. The number of alkyl halides is 1. The van der Waals surface area contributed by atoms with Gasteiger partial charge in [-0.3, -0.25) is 0 Å². The van der Waals surface area contributed by atoms with Crippen molar-refractivity contribution in [3.8, 4) is 0 Å². The number of thiazole rings is 1. The summed E-state index contributed by atoms with van der Waals surface area (Å²) in [6.07, 6.45) is 2.75. The molecular formula is C14H13Cl2N3S. The molecule has 0 saturated heterocycles. The Morgan fingerprint density at radius 2 is 2.25 bits per heavy atom. The van der Waals surface area contributed by atoms with E-state index in [1.165, 1.54) is 0 Å². The highest BCUT2D eigenvalue weighted by molar-refractivity contribution is 7.09. The lowest BCUT2D eigenvalue weighted by Crippen LogP contribution is -2.12. The number of halogens is 2. The first-order valence-electron chi connectivity index (χ1n) is 6.37. The topological polar surface area (TPSA) is 30.7 Å². The van der Waals surface area contributed by atoms with Crippen LogP contribution in [-0.4, -0.2) is 14.5 Å². The third-order valence-electron chi connectivity index (χ3n) is 3.30. The van der Waals surface area contributed by atoms with Crippen LogP contribution in [0.4, 0.5) is 0 Å². The molecule has 1 unspecified atom stereocenters. The van der Waals surface area contributed by atoms with E-state index in [0.717, 1.165) is 28.3 Å². The second-order valence-electron chi connectivity index (χ2n) is 4.43. The molecule has 3 nitrogen and oxygen atoms in total. The van der Waals surface area contributed by atoms with Gasteiger partial charge in [-0.05, 0) is 18.6 Å². The lowest BCUT2D eigenvalue weighted by molar-refractivity contribution is 0.562. The molecule has 0 aliphatic rings. The van der Waals surface area contributed by atoms with Crippen LogP contribution in [0.25, 0.3) is 11.0 Å². The molecule has 3 aromatic rings. The van der Waals surface area contributed by atoms with Gasteiger partial charge in [-0.25, -0.2) is 9.97 Å². The minimum atomic E-state index is 0.146. The van der Waals surface area contributed by atoms with Gasteiger partial charge in [0, 0.05) is 11.6 Å². The Morgan fingerprint density at radius 3 is 2.90 bits per heavy atom. The Kier molecular flexibility index (Phi) is 3.96. The van der Waals surface area contributed by atoms with Gasteiger partial charge in [0.1, 0.15) is 16.3 Å². The highest BCUT2D eigenvalue weighted by Gasteiger charge is 2.21. The van der Waals surface area contributed by atoms with Crippen molar-refractivity contribution < 1.29 is 0 Å². The van der Waals surface area contributed by atoms with Crippen molar-refractivity contribution >= 4 is 45.6 Å². The molecule has 0 saturated carbocycles. The number of fused-ring (bicyclic) bond motifs is 1. The second kappa shape index (κ2) is 5.72. The molecule has 104 valence electrons. The number of rotatable bonds is 4. The summed E-state index contributed by atoms with van der Waals surface area (Å²) in [6, 6.07) is 5.96. The SMILES string of the molecule is CCC(c1nccs1)n1c(CCl)nc2c(Cl)cccc21. The summed E-state index contributed by atoms with van der Waals surface area (Å²) in [4.78, 5) is 9.03. The van der Waals surface area contributed by atoms with Crippen LogP contribution in [0.5, 0.6) is 0 Å². The van der Waals surface area contributed by atoms with Crippen LogP contribution >= 0.6 is 34.5 Å². The first kappa shape index (κ1) is 13.9. The smallest absolute Gasteiger partial charge is 0.125 e. The quantitative estimate of drug-likeness (QED) is 0.640. The molecule has 0 amide bonds. The Bertz CT molecular complexity index is 721. The first-order chi connectivity index (χ1) is 9.76. The lowest BCUT2D eigenvalue weighted by atomic mass is 10.2. The van der Waals surface area contributed by atoms with Crippen molar-refractivity contribution in [1.82, 2.24) is 14.5 Å². The minimum absolute atomic E-state index is 0.146. The van der Waals surface area contributed by atoms with Crippen LogP contribution in [0, 0.1) is 0 Å². The molecule has 2 aromatic heterocycles. The molecule has 0 aliphatic heterocycles. The number of aromatic nitrogens is 3. The molecule has 0 radical (unpaired) electrons. The normalized spacial score (nSPS) is 12.9. The van der Waals surface area contributed by atoms with E-state index in [9.17, 15) is 0 Å². The van der Waals surface area contributed by atoms with Crippen molar-refractivity contribution in [3.63, 3.8) is 0 Å². The Hall–Kier alpha value is -1.10. The zero-order valence-electron chi connectivity index (χ0n) is 10.9. The van der Waals surface area contributed by atoms with Crippen molar-refractivity contribution in [1.29, 1.82) is 0 Å². The summed E-state index contributed by atoms with van der Waals surface area (Å²) in [5.74, 6) is 1.18. The van der Waals surface area contributed by atoms with Crippen LogP contribution in [0.2, 0.25) is 5.02 Å². The van der Waals surface area contributed by atoms with Gasteiger partial charge >= 0.3 is 0 Å². The number of nitrogens with zero attached hydrogens (tertiary/aromatic N) is 3. The van der Waals surface area contributed by atoms with Crippen LogP contribution in [0.15, 0.2) is 29.8 Å². The molecule has 0 bridgehead atoms. The number of hydrogen-bond acceptors (Lipinski definition) is 3. The molecule has 0 spiro atoms. The van der Waals surface area contributed by atoms with Crippen molar-refractivity contribution in [2.24, 2.45) is 0 Å². The third kappa shape index (κ3) is 2.22. The van der Waals surface area contributed by atoms with Gasteiger partial charge in [-0.2, -0.15) is 0 Å². The zero-order valence-corrected chi connectivity index (χ0v) is 13.2. The number of imidazole rings is 1. The van der Waals surface area contributed by atoms with Gasteiger partial charge in [0.25, 0.3) is 0 Å². The molecule has 1 aromatic carbocycles. The predicted octanol–water partition coefficient (Wildman–Crippen LogP) is 4.88. The average Bonchev–Trinajstić information content (AvgIpc) is 3.09. The standard InChI is InChI=1S/C14H13Cl2N3S/c1-2-10(14-17-6-7-20-14)19-11-5-3-4-9(16)13(11)18-12(19)8-15/h3-7,10H,2,8H2,1H3. The van der Waals surface area contributed by atoms with Gasteiger partial charge in [0.15, 0.2) is 0 Å². The summed E-state index contributed by atoms with van der Waals surface area (Å²) < 4.78 is 2.16. The number of hydrogen-bond donors (Lipinski definition) is 0. The molecule has 0 aliphatic carbocycles. The Balaban J connectivity index is 2.26. The molecule has 0 fully saturated rings. The minimum Gasteiger partial charge on any atom is -0.317 e. The van der Waals surface area contributed by atoms with Crippen LogP contribution in [-0.2, 0) is 5.88 Å². The first-order valence-corrected chi connectivity index (χ1v) is 8.16. The van der Waals surface area contributed by atoms with Gasteiger partial charge in [-0.1, -0.05) is 24.6 Å². The van der Waals surface area contributed by atoms with E-state index in [1.807, 2.05) is 29.8 Å². The van der Waals surface area contributed by atoms with E-state index < -0.39 is 0 Å². The molecule has 0 N–H and O–H groups in total. The van der Waals surface area contributed by atoms with Crippen LogP contribution in [0.1, 0.15) is 30.2 Å². The fraction of sp³-hybridized carbons (Fsp3) is 0.286. The summed E-state index contributed by atoms with van der Waals surface area (Å²) in [5.41, 5.74) is 1.81.